The van der Waals surface area contributed by atoms with E-state index < -0.39 is 0 Å². The summed E-state index contributed by atoms with van der Waals surface area (Å²) in [4.78, 5) is 18.6. The minimum Gasteiger partial charge on any atom is -0.323 e. The summed E-state index contributed by atoms with van der Waals surface area (Å²) in [5, 5.41) is 0.925. The fraction of sp³-hybridized carbons (Fsp3) is 0.571. The second kappa shape index (κ2) is 5.00. The van der Waals surface area contributed by atoms with E-state index in [0.29, 0.717) is 4.77 Å². The number of nitrogens with zero attached hydrogens (tertiary/aromatic N) is 1. The number of thiophene rings is 1. The van der Waals surface area contributed by atoms with Gasteiger partial charge >= 0.3 is 0 Å². The Hall–Kier alpha value is -0.590. The minimum absolute atomic E-state index is 0.153. The van der Waals surface area contributed by atoms with Crippen LogP contribution in [0.3, 0.4) is 0 Å². The second-order valence-corrected chi connectivity index (χ2v) is 8.23. The van der Waals surface area contributed by atoms with E-state index in [4.69, 9.17) is 12.2 Å². The number of thioether (sulfide) groups is 1. The standard InChI is InChI=1S/C14H16N2OS3/c17-13-11-9-2-1-3-10(9)20-12(11)15-14(18)16(13)8-4-6-19-7-5-8/h8H,1-7H2,(H,15,18). The van der Waals surface area contributed by atoms with E-state index in [1.54, 1.807) is 11.3 Å². The van der Waals surface area contributed by atoms with Gasteiger partial charge in [-0.2, -0.15) is 11.8 Å². The first-order chi connectivity index (χ1) is 9.75. The van der Waals surface area contributed by atoms with E-state index >= 15 is 0 Å². The van der Waals surface area contributed by atoms with Crippen LogP contribution < -0.4 is 5.56 Å². The number of rotatable bonds is 1. The molecule has 106 valence electrons. The lowest BCUT2D eigenvalue weighted by molar-refractivity contribution is 0.448. The molecule has 4 rings (SSSR count). The number of H-pyrrole nitrogens is 1. The van der Waals surface area contributed by atoms with Crippen LogP contribution in [-0.4, -0.2) is 21.1 Å². The first-order valence-electron chi connectivity index (χ1n) is 7.12. The summed E-state index contributed by atoms with van der Waals surface area (Å²) < 4.78 is 2.47. The first-order valence-corrected chi connectivity index (χ1v) is 9.50. The fourth-order valence-electron chi connectivity index (χ4n) is 3.36. The lowest BCUT2D eigenvalue weighted by Gasteiger charge is -2.23. The van der Waals surface area contributed by atoms with Crippen LogP contribution in [0.25, 0.3) is 10.2 Å². The number of hydrogen-bond donors (Lipinski definition) is 1. The Morgan fingerprint density at radius 3 is 2.85 bits per heavy atom. The van der Waals surface area contributed by atoms with E-state index in [-0.39, 0.29) is 11.6 Å². The Morgan fingerprint density at radius 1 is 1.25 bits per heavy atom. The molecule has 0 aromatic carbocycles. The van der Waals surface area contributed by atoms with Crippen LogP contribution in [0.4, 0.5) is 0 Å². The van der Waals surface area contributed by atoms with Gasteiger partial charge in [0.2, 0.25) is 0 Å². The number of hydrogen-bond acceptors (Lipinski definition) is 4. The highest BCUT2D eigenvalue weighted by Crippen LogP contribution is 2.35. The van der Waals surface area contributed by atoms with E-state index in [0.717, 1.165) is 47.4 Å². The van der Waals surface area contributed by atoms with Crippen LogP contribution in [0.2, 0.25) is 0 Å². The smallest absolute Gasteiger partial charge is 0.263 e. The second-order valence-electron chi connectivity index (χ2n) is 5.51. The number of nitrogens with one attached hydrogen (secondary N) is 1. The largest absolute Gasteiger partial charge is 0.323 e. The summed E-state index contributed by atoms with van der Waals surface area (Å²) in [6.45, 7) is 0. The molecule has 0 atom stereocenters. The molecular formula is C14H16N2OS3. The highest BCUT2D eigenvalue weighted by atomic mass is 32.2. The van der Waals surface area contributed by atoms with Crippen LogP contribution in [0.15, 0.2) is 4.79 Å². The van der Waals surface area contributed by atoms with Crippen molar-refractivity contribution in [3.8, 4) is 0 Å². The van der Waals surface area contributed by atoms with Crippen LogP contribution >= 0.6 is 35.3 Å². The highest BCUT2D eigenvalue weighted by molar-refractivity contribution is 7.99. The Bertz CT molecular complexity index is 780. The fourth-order valence-corrected chi connectivity index (χ4v) is 6.12. The van der Waals surface area contributed by atoms with Gasteiger partial charge in [-0.3, -0.25) is 9.36 Å². The van der Waals surface area contributed by atoms with Crippen molar-refractivity contribution in [3.05, 3.63) is 25.6 Å². The summed E-state index contributed by atoms with van der Waals surface area (Å²) in [6.07, 6.45) is 5.47. The van der Waals surface area contributed by atoms with Gasteiger partial charge in [0.25, 0.3) is 5.56 Å². The maximum atomic E-state index is 12.9. The van der Waals surface area contributed by atoms with Gasteiger partial charge in [0.05, 0.1) is 5.39 Å². The summed E-state index contributed by atoms with van der Waals surface area (Å²) in [5.41, 5.74) is 1.44. The molecule has 3 heterocycles. The molecule has 3 nitrogen and oxygen atoms in total. The maximum absolute atomic E-state index is 12.9. The third kappa shape index (κ3) is 1.92. The van der Waals surface area contributed by atoms with Gasteiger partial charge in [-0.25, -0.2) is 0 Å². The van der Waals surface area contributed by atoms with Gasteiger partial charge in [0.1, 0.15) is 4.83 Å². The Morgan fingerprint density at radius 2 is 2.05 bits per heavy atom. The molecule has 2 aliphatic rings. The average molecular weight is 324 g/mol. The van der Waals surface area contributed by atoms with E-state index in [9.17, 15) is 4.79 Å². The Kier molecular flexibility index (Phi) is 3.27. The number of aromatic nitrogens is 2. The summed E-state index contributed by atoms with van der Waals surface area (Å²) in [6, 6.07) is 0.286. The van der Waals surface area contributed by atoms with Crippen molar-refractivity contribution < 1.29 is 0 Å². The summed E-state index contributed by atoms with van der Waals surface area (Å²) in [7, 11) is 0. The van der Waals surface area contributed by atoms with Crippen molar-refractivity contribution in [2.75, 3.05) is 11.5 Å². The van der Waals surface area contributed by atoms with Crippen molar-refractivity contribution in [2.24, 2.45) is 0 Å². The van der Waals surface area contributed by atoms with E-state index in [2.05, 4.69) is 4.98 Å². The van der Waals surface area contributed by atoms with Gasteiger partial charge in [-0.15, -0.1) is 11.3 Å². The third-order valence-electron chi connectivity index (χ3n) is 4.35. The van der Waals surface area contributed by atoms with Crippen molar-refractivity contribution in [1.29, 1.82) is 0 Å². The predicted octanol–water partition coefficient (Wildman–Crippen LogP) is 3.68. The number of aryl methyl sites for hydroxylation is 2. The zero-order valence-corrected chi connectivity index (χ0v) is 13.6. The molecule has 2 aromatic rings. The third-order valence-corrected chi connectivity index (χ3v) is 6.90. The molecule has 1 N–H and O–H groups in total. The van der Waals surface area contributed by atoms with Crippen LogP contribution in [0.5, 0.6) is 0 Å². The van der Waals surface area contributed by atoms with E-state index in [1.807, 2.05) is 16.3 Å². The molecule has 2 aromatic heterocycles. The van der Waals surface area contributed by atoms with Crippen LogP contribution in [0.1, 0.15) is 35.7 Å². The summed E-state index contributed by atoms with van der Waals surface area (Å²) >= 11 is 9.17. The van der Waals surface area contributed by atoms with Gasteiger partial charge in [-0.05, 0) is 61.4 Å². The molecule has 1 aliphatic carbocycles. The molecule has 0 radical (unpaired) electrons. The minimum atomic E-state index is 0.153. The van der Waals surface area contributed by atoms with Gasteiger partial charge in [0.15, 0.2) is 4.77 Å². The molecule has 0 bridgehead atoms. The molecule has 6 heteroatoms. The van der Waals surface area contributed by atoms with Crippen molar-refractivity contribution in [3.63, 3.8) is 0 Å². The number of aromatic amines is 1. The normalized spacial score (nSPS) is 19.6. The van der Waals surface area contributed by atoms with Crippen molar-refractivity contribution >= 4 is 45.5 Å². The molecule has 1 fully saturated rings. The van der Waals surface area contributed by atoms with Crippen molar-refractivity contribution in [2.45, 2.75) is 38.1 Å². The SMILES string of the molecule is O=c1c2c3c(sc2[nH]c(=S)n1C1CCSCC1)CCC3. The zero-order valence-electron chi connectivity index (χ0n) is 11.1. The van der Waals surface area contributed by atoms with Crippen LogP contribution in [-0.2, 0) is 12.8 Å². The average Bonchev–Trinajstić information content (AvgIpc) is 2.99. The highest BCUT2D eigenvalue weighted by Gasteiger charge is 2.24. The van der Waals surface area contributed by atoms with Gasteiger partial charge in [-0.1, -0.05) is 0 Å². The predicted molar refractivity (Wildman–Crippen MR) is 88.9 cm³/mol. The van der Waals surface area contributed by atoms with E-state index in [1.165, 1.54) is 16.9 Å². The van der Waals surface area contributed by atoms with Gasteiger partial charge in [0, 0.05) is 10.9 Å². The summed E-state index contributed by atoms with van der Waals surface area (Å²) in [5.74, 6) is 2.26. The Balaban J connectivity index is 1.97. The topological polar surface area (TPSA) is 37.8 Å². The number of fused-ring (bicyclic) bond motifs is 3. The zero-order chi connectivity index (χ0) is 13.7. The van der Waals surface area contributed by atoms with Gasteiger partial charge < -0.3 is 4.98 Å². The molecule has 1 aliphatic heterocycles. The monoisotopic (exact) mass is 324 g/mol. The molecule has 0 amide bonds. The molecule has 20 heavy (non-hydrogen) atoms. The van der Waals surface area contributed by atoms with Crippen molar-refractivity contribution in [1.82, 2.24) is 9.55 Å². The Labute approximate surface area is 130 Å². The lowest BCUT2D eigenvalue weighted by Crippen LogP contribution is -2.29. The lowest BCUT2D eigenvalue weighted by atomic mass is 10.1. The molecule has 0 saturated carbocycles. The first kappa shape index (κ1) is 13.1. The maximum Gasteiger partial charge on any atom is 0.263 e. The molecule has 0 unspecified atom stereocenters. The molecular weight excluding hydrogens is 308 g/mol. The van der Waals surface area contributed by atoms with Crippen LogP contribution in [0, 0.1) is 4.77 Å². The molecule has 0 spiro atoms. The quantitative estimate of drug-likeness (QED) is 0.813. The molecule has 1 saturated heterocycles.